The van der Waals surface area contributed by atoms with Crippen molar-refractivity contribution >= 4 is 93.4 Å². The van der Waals surface area contributed by atoms with Crippen molar-refractivity contribution in [3.8, 4) is 0 Å². The number of hydrogen-bond acceptors (Lipinski definition) is 30. The average Bonchev–Trinajstić information content (AvgIpc) is 1.76. The second-order valence-electron chi connectivity index (χ2n) is 35.0. The summed E-state index contributed by atoms with van der Waals surface area (Å²) < 4.78 is 83.7. The lowest BCUT2D eigenvalue weighted by Crippen LogP contribution is -2.38. The average molecular weight is 2000 g/mol. The molecule has 5 amide bonds. The number of nitrogens with one attached hydrogen (secondary N) is 6. The first-order valence-electron chi connectivity index (χ1n) is 44.8. The summed E-state index contributed by atoms with van der Waals surface area (Å²) in [6.07, 6.45) is 9.92. The van der Waals surface area contributed by atoms with Crippen LogP contribution in [0.1, 0.15) is 148 Å². The number of ether oxygens (including phenoxy) is 9. The molecule has 3 aliphatic carbocycles. The molecular weight excluding hydrogens is 1860 g/mol. The van der Waals surface area contributed by atoms with E-state index in [-0.39, 0.29) is 156 Å². The number of fused-ring (bicyclic) bond motifs is 6. The SMILES string of the molecule is CO[C@H]1/C=C\C=C(/C)C(=O)NC2=CC(=O)C(NCCCCP(=O)(O)O)=C(C[C@@H](C)C[C@H](OC)[C@H](O)[C@@H](C)/C=C(\C)[C@@H]1OC(C)=O)C2=O.CO[C@H]1/C=C\C=C(/C)C(=O)NC2=CC(=O)C(NCCCP(=O)(O)O)=C(C[C@@H](C)C[C@H](OC)[C@H](O)[C@@H](C)/C=C(\C)[C@@H]1OC(N)=O)C2=O.CO[C@H]1/C=C\C=C(/C)C(=O)NC2=CC(=O)C(NCCP(=O)(O)O)=C(C[C@@H](C)C[C@H](OC)[C@H](O)[C@@H](C)/C=C(\C)[C@@H]1OC(N)=O)C2=O. The zero-order valence-electron chi connectivity index (χ0n) is 81.5. The summed E-state index contributed by atoms with van der Waals surface area (Å²) in [5.41, 5.74) is 12.5. The van der Waals surface area contributed by atoms with Gasteiger partial charge in [-0.25, -0.2) is 9.59 Å². The molecule has 6 aliphatic rings. The van der Waals surface area contributed by atoms with Crippen LogP contribution in [-0.2, 0) is 104 Å². The van der Waals surface area contributed by atoms with Gasteiger partial charge in [0.2, 0.25) is 34.7 Å². The molecule has 0 aromatic heterocycles. The monoisotopic (exact) mass is 2000 g/mol. The molecule has 0 saturated heterocycles. The number of unbranched alkanes of at least 4 members (excludes halogenated alkanes) is 1. The summed E-state index contributed by atoms with van der Waals surface area (Å²) >= 11 is 0. The third kappa shape index (κ3) is 39.3. The van der Waals surface area contributed by atoms with Crippen LogP contribution >= 0.6 is 22.8 Å². The van der Waals surface area contributed by atoms with Crippen molar-refractivity contribution in [3.63, 3.8) is 0 Å². The fraction of sp³-hybridized carbons (Fsp3) is 0.553. The van der Waals surface area contributed by atoms with Gasteiger partial charge in [-0.1, -0.05) is 114 Å². The van der Waals surface area contributed by atoms with Crippen molar-refractivity contribution < 1.29 is 159 Å². The van der Waals surface area contributed by atoms with E-state index >= 15 is 0 Å². The molecule has 0 aromatic rings. The van der Waals surface area contributed by atoms with Crippen LogP contribution in [0.2, 0.25) is 0 Å². The number of aliphatic hydroxyl groups is 3. The van der Waals surface area contributed by atoms with E-state index in [0.29, 0.717) is 29.6 Å². The summed E-state index contributed by atoms with van der Waals surface area (Å²) in [6, 6.07) is 0. The number of carbonyl (C=O) groups excluding carboxylic acids is 12. The fourth-order valence-electron chi connectivity index (χ4n) is 15.9. The fourth-order valence-corrected chi connectivity index (χ4v) is 17.5. The summed E-state index contributed by atoms with van der Waals surface area (Å²) in [4.78, 5) is 210. The van der Waals surface area contributed by atoms with Gasteiger partial charge >= 0.3 is 40.9 Å². The number of ketones is 6. The molecule has 44 heteroatoms. The second kappa shape index (κ2) is 57.1. The van der Waals surface area contributed by atoms with E-state index in [1.54, 1.807) is 91.0 Å². The molecule has 3 heterocycles. The second-order valence-corrected chi connectivity index (χ2v) is 40.3. The minimum Gasteiger partial charge on any atom is -0.455 e. The molecule has 0 fully saturated rings. The van der Waals surface area contributed by atoms with Crippen LogP contribution in [0.3, 0.4) is 0 Å². The summed E-state index contributed by atoms with van der Waals surface area (Å²) in [6.45, 7) is 21.7. The van der Waals surface area contributed by atoms with Gasteiger partial charge in [0, 0.05) is 145 Å². The summed E-state index contributed by atoms with van der Waals surface area (Å²) in [5, 5.41) is 49.9. The Morgan fingerprint density at radius 1 is 0.399 bits per heavy atom. The molecule has 0 unspecified atom stereocenters. The topological polar surface area (TPSA) is 645 Å². The van der Waals surface area contributed by atoms with E-state index in [4.69, 9.17) is 63.9 Å². The van der Waals surface area contributed by atoms with Crippen LogP contribution in [0.4, 0.5) is 9.59 Å². The molecule has 41 nitrogen and oxygen atoms in total. The van der Waals surface area contributed by atoms with E-state index in [1.165, 1.54) is 101 Å². The molecule has 0 radical (unpaired) electrons. The number of primary amides is 2. The Bertz CT molecular complexity index is 5050. The molecule has 6 rings (SSSR count). The number of rotatable bonds is 24. The van der Waals surface area contributed by atoms with Crippen molar-refractivity contribution in [2.75, 3.05) is 80.8 Å². The Morgan fingerprint density at radius 2 is 0.667 bits per heavy atom. The van der Waals surface area contributed by atoms with Gasteiger partial charge in [-0.3, -0.25) is 61.6 Å². The molecular formula is C94H139N8O33P3. The van der Waals surface area contributed by atoms with Crippen molar-refractivity contribution in [2.45, 2.75) is 221 Å². The van der Waals surface area contributed by atoms with Crippen molar-refractivity contribution in [1.82, 2.24) is 31.9 Å². The van der Waals surface area contributed by atoms with E-state index in [2.05, 4.69) is 31.9 Å². The van der Waals surface area contributed by atoms with Crippen LogP contribution in [0, 0.1) is 35.5 Å². The van der Waals surface area contributed by atoms with Gasteiger partial charge in [0.05, 0.1) is 83.1 Å². The van der Waals surface area contributed by atoms with Gasteiger partial charge in [-0.15, -0.1) is 0 Å². The molecule has 19 N–H and O–H groups in total. The van der Waals surface area contributed by atoms with Crippen LogP contribution in [0.15, 0.2) is 175 Å². The maximum atomic E-state index is 13.7. The molecule has 138 heavy (non-hydrogen) atoms. The first-order chi connectivity index (χ1) is 64.4. The molecule has 0 spiro atoms. The third-order valence-corrected chi connectivity index (χ3v) is 25.8. The Labute approximate surface area is 804 Å². The van der Waals surface area contributed by atoms with E-state index in [9.17, 15) is 106 Å². The number of carbonyl (C=O) groups is 12. The molecule has 0 aromatic carbocycles. The number of allylic oxidation sites excluding steroid dienone is 12. The maximum Gasteiger partial charge on any atom is 0.405 e. The van der Waals surface area contributed by atoms with Crippen LogP contribution in [-0.4, -0.2) is 269 Å². The normalized spacial score (nSPS) is 30.4. The number of hydrogen-bond donors (Lipinski definition) is 17. The number of amides is 5. The van der Waals surface area contributed by atoms with Crippen LogP contribution in [0.25, 0.3) is 0 Å². The first-order valence-corrected chi connectivity index (χ1v) is 50.2. The highest BCUT2D eigenvalue weighted by Crippen LogP contribution is 2.39. The highest BCUT2D eigenvalue weighted by atomic mass is 31.2. The highest BCUT2D eigenvalue weighted by molar-refractivity contribution is 7.52. The largest absolute Gasteiger partial charge is 0.455 e. The molecule has 6 bridgehead atoms. The summed E-state index contributed by atoms with van der Waals surface area (Å²) in [7, 11) is -4.20. The van der Waals surface area contributed by atoms with E-state index in [0.717, 1.165) is 18.2 Å². The van der Waals surface area contributed by atoms with Crippen molar-refractivity contribution in [1.29, 1.82) is 0 Å². The number of nitrogens with two attached hydrogens (primary N) is 2. The Hall–Kier alpha value is -9.97. The number of esters is 1. The van der Waals surface area contributed by atoms with Gasteiger partial charge in [0.1, 0.15) is 18.3 Å². The molecule has 3 aliphatic heterocycles. The van der Waals surface area contributed by atoms with E-state index < -0.39 is 197 Å². The van der Waals surface area contributed by atoms with Crippen LogP contribution in [0.5, 0.6) is 0 Å². The zero-order chi connectivity index (χ0) is 104. The zero-order valence-corrected chi connectivity index (χ0v) is 84.2. The lowest BCUT2D eigenvalue weighted by atomic mass is 9.85. The lowest BCUT2D eigenvalue weighted by molar-refractivity contribution is -0.149. The minimum absolute atomic E-state index is 0.0193. The predicted octanol–water partition coefficient (Wildman–Crippen LogP) is 6.23. The van der Waals surface area contributed by atoms with Crippen molar-refractivity contribution in [2.24, 2.45) is 47.0 Å². The molecule has 18 atom stereocenters. The molecule has 0 saturated carbocycles. The summed E-state index contributed by atoms with van der Waals surface area (Å²) in [5.74, 6) is -8.38. The van der Waals surface area contributed by atoms with Gasteiger partial charge in [0.25, 0.3) is 17.7 Å². The predicted molar refractivity (Wildman–Crippen MR) is 508 cm³/mol. The lowest BCUT2D eigenvalue weighted by Gasteiger charge is -2.30. The smallest absolute Gasteiger partial charge is 0.405 e. The first kappa shape index (κ1) is 120. The van der Waals surface area contributed by atoms with E-state index in [1.807, 2.05) is 13.8 Å². The molecule has 768 valence electrons. The van der Waals surface area contributed by atoms with Gasteiger partial charge < -0.3 is 131 Å². The highest BCUT2D eigenvalue weighted by Gasteiger charge is 2.40. The quantitative estimate of drug-likeness (QED) is 0.0127. The third-order valence-electron chi connectivity index (χ3n) is 23.2. The van der Waals surface area contributed by atoms with Crippen molar-refractivity contribution in [3.05, 3.63) is 175 Å². The number of methoxy groups -OCH3 is 6. The minimum atomic E-state index is -4.39. The Morgan fingerprint density at radius 3 is 0.928 bits per heavy atom. The van der Waals surface area contributed by atoms with Crippen LogP contribution < -0.4 is 43.4 Å². The Kier molecular flexibility index (Phi) is 49.8. The van der Waals surface area contributed by atoms with Gasteiger partial charge in [-0.05, 0) is 134 Å². The van der Waals surface area contributed by atoms with Gasteiger partial charge in [0.15, 0.2) is 18.3 Å². The maximum absolute atomic E-state index is 13.7. The number of aliphatic hydroxyl groups excluding tert-OH is 3. The standard InChI is InChI=1S/C33H49N2O11P.C31H46N3O11P.C30H44N3O11P/c1-19-15-24-29(34-13-8-9-14-47(41,42)43)26(37)18-25(31(24)39)35-33(40)20(2)11-10-12-27(44-6)32(46-23(5)36)22(4)17-21(3)30(38)28(16-19)45-7;1-17-13-21-26(33-11-8-12-46(40,41)42)23(35)16-22(28(21)37)34-30(38)18(2)9-7-10-24(43-5)29(45-31(32)39)20(4)15-19(3)27(36)25(14-17)44-6;1-16-12-20-25(32-10-11-45(39,40)41)22(34)15-21(27(20)36)33-29(37)17(2)8-7-9-23(42-5)28(44-30(31)38)19(4)14-18(3)26(35)24(13-16)43-6/h10-12,17-19,21,27-28,30,32,34,38H,8-9,13-16H2,1-7H3,(H,35,40)(H2,41,42,43);7,9-10,15-17,19,24-25,27,29,33,36H,8,11-14H2,1-6H3,(H2,32,39)(H,34,38)(H2,40,41,42);7-9,14-16,18,23-24,26,28,32,35H,10-13H2,1-6H3,(H2,31,38)(H,33,37)(H2,39,40,41)/b12-10-,20-11+,22-17+;10-7-,18-9+,20-15+;9-7-,17-8+,19-14+/t19-,21+,27+,28+,30-,32+;17-,19+,24+,25+,27-,29+;16-,18+,23+,24+,26-,28+/m111/s1. The van der Waals surface area contributed by atoms with Gasteiger partial charge in [-0.2, -0.15) is 0 Å². The number of Topliss-reactive ketones (excluding diaryl/α,β-unsaturated/α-hetero) is 3. The Balaban J connectivity index is 0.000000432.